The van der Waals surface area contributed by atoms with Gasteiger partial charge in [0.25, 0.3) is 15.0 Å². The highest BCUT2D eigenvalue weighted by Gasteiger charge is 2.33. The molecular formula is C13H15Cl2NO3S. The summed E-state index contributed by atoms with van der Waals surface area (Å²) in [5.74, 6) is -0.235. The number of halogens is 2. The van der Waals surface area contributed by atoms with Crippen LogP contribution in [0.15, 0.2) is 23.1 Å². The van der Waals surface area contributed by atoms with Crippen molar-refractivity contribution in [2.45, 2.75) is 37.1 Å². The number of carbonyl (C=O) groups is 1. The number of amides is 1. The van der Waals surface area contributed by atoms with E-state index in [1.165, 1.54) is 18.2 Å². The molecule has 0 spiro atoms. The Morgan fingerprint density at radius 3 is 2.55 bits per heavy atom. The van der Waals surface area contributed by atoms with Gasteiger partial charge in [-0.1, -0.05) is 18.5 Å². The van der Waals surface area contributed by atoms with E-state index in [9.17, 15) is 13.2 Å². The zero-order chi connectivity index (χ0) is 14.9. The fraction of sp³-hybridized carbons (Fsp3) is 0.462. The predicted molar refractivity (Wildman–Crippen MR) is 78.8 cm³/mol. The maximum Gasteiger partial charge on any atom is 0.261 e. The van der Waals surface area contributed by atoms with Crippen LogP contribution in [0.4, 0.5) is 0 Å². The van der Waals surface area contributed by atoms with Gasteiger partial charge in [-0.05, 0) is 37.5 Å². The number of hydrogen-bond acceptors (Lipinski definition) is 3. The molecule has 1 aliphatic carbocycles. The quantitative estimate of drug-likeness (QED) is 0.776. The van der Waals surface area contributed by atoms with E-state index in [2.05, 4.69) is 0 Å². The first-order valence-corrected chi connectivity index (χ1v) is 9.08. The van der Waals surface area contributed by atoms with Crippen molar-refractivity contribution in [3.63, 3.8) is 0 Å². The molecule has 1 amide bonds. The number of hydrogen-bond donors (Lipinski definition) is 0. The molecule has 1 aromatic carbocycles. The van der Waals surface area contributed by atoms with Crippen LogP contribution in [0.3, 0.4) is 0 Å². The molecule has 20 heavy (non-hydrogen) atoms. The molecule has 4 nitrogen and oxygen atoms in total. The van der Waals surface area contributed by atoms with Gasteiger partial charge in [0, 0.05) is 23.3 Å². The first-order valence-electron chi connectivity index (χ1n) is 6.39. The molecule has 0 heterocycles. The summed E-state index contributed by atoms with van der Waals surface area (Å²) in [4.78, 5) is 14.2. The van der Waals surface area contributed by atoms with Gasteiger partial charge in [0.2, 0.25) is 0 Å². The molecule has 0 bridgehead atoms. The van der Waals surface area contributed by atoms with Crippen LogP contribution in [0.5, 0.6) is 0 Å². The normalized spacial score (nSPS) is 15.2. The highest BCUT2D eigenvalue weighted by molar-refractivity contribution is 8.13. The first-order chi connectivity index (χ1) is 9.34. The van der Waals surface area contributed by atoms with Crippen LogP contribution in [0.2, 0.25) is 5.02 Å². The van der Waals surface area contributed by atoms with E-state index in [1.54, 1.807) is 4.90 Å². The van der Waals surface area contributed by atoms with E-state index < -0.39 is 9.05 Å². The maximum absolute atomic E-state index is 12.5. The van der Waals surface area contributed by atoms with Crippen LogP contribution in [0.1, 0.15) is 36.5 Å². The van der Waals surface area contributed by atoms with Gasteiger partial charge in [0.15, 0.2) is 0 Å². The molecule has 0 N–H and O–H groups in total. The van der Waals surface area contributed by atoms with E-state index in [0.29, 0.717) is 6.54 Å². The van der Waals surface area contributed by atoms with Crippen LogP contribution in [-0.4, -0.2) is 31.8 Å². The van der Waals surface area contributed by atoms with E-state index in [4.69, 9.17) is 22.3 Å². The Morgan fingerprint density at radius 2 is 2.05 bits per heavy atom. The van der Waals surface area contributed by atoms with E-state index in [-0.39, 0.29) is 27.4 Å². The van der Waals surface area contributed by atoms with Crippen molar-refractivity contribution in [2.75, 3.05) is 6.54 Å². The van der Waals surface area contributed by atoms with Gasteiger partial charge >= 0.3 is 0 Å². The second kappa shape index (κ2) is 5.92. The maximum atomic E-state index is 12.5. The fourth-order valence-electron chi connectivity index (χ4n) is 2.05. The van der Waals surface area contributed by atoms with Gasteiger partial charge < -0.3 is 4.90 Å². The summed E-state index contributed by atoms with van der Waals surface area (Å²) >= 11 is 6.03. The average molecular weight is 336 g/mol. The monoisotopic (exact) mass is 335 g/mol. The standard InChI is InChI=1S/C13H15Cl2NO3S/c1-2-7-16(9-3-4-9)13(17)11-8-10(20(15,18)19)5-6-12(11)14/h5-6,8-9H,2-4,7H2,1H3. The molecular weight excluding hydrogens is 321 g/mol. The highest BCUT2D eigenvalue weighted by atomic mass is 35.7. The third kappa shape index (κ3) is 3.45. The van der Waals surface area contributed by atoms with E-state index in [0.717, 1.165) is 19.3 Å². The lowest BCUT2D eigenvalue weighted by Gasteiger charge is -2.22. The summed E-state index contributed by atoms with van der Waals surface area (Å²) < 4.78 is 22.7. The van der Waals surface area contributed by atoms with Crippen molar-refractivity contribution in [1.82, 2.24) is 4.90 Å². The molecule has 1 saturated carbocycles. The summed E-state index contributed by atoms with van der Waals surface area (Å²) in [6, 6.07) is 4.18. The van der Waals surface area contributed by atoms with Crippen molar-refractivity contribution in [2.24, 2.45) is 0 Å². The molecule has 1 fully saturated rings. The smallest absolute Gasteiger partial charge is 0.261 e. The van der Waals surface area contributed by atoms with Crippen LogP contribution >= 0.6 is 22.3 Å². The summed E-state index contributed by atoms with van der Waals surface area (Å²) in [7, 11) is 1.43. The van der Waals surface area contributed by atoms with Gasteiger partial charge in [-0.3, -0.25) is 4.79 Å². The topological polar surface area (TPSA) is 54.5 Å². The fourth-order valence-corrected chi connectivity index (χ4v) is 3.03. The van der Waals surface area contributed by atoms with E-state index in [1.807, 2.05) is 6.92 Å². The minimum atomic E-state index is -3.88. The Morgan fingerprint density at radius 1 is 1.40 bits per heavy atom. The van der Waals surface area contributed by atoms with E-state index >= 15 is 0 Å². The Labute approximate surface area is 128 Å². The number of rotatable bonds is 5. The lowest BCUT2D eigenvalue weighted by atomic mass is 10.2. The lowest BCUT2D eigenvalue weighted by molar-refractivity contribution is 0.0743. The Kier molecular flexibility index (Phi) is 4.62. The van der Waals surface area contributed by atoms with Crippen LogP contribution in [0.25, 0.3) is 0 Å². The van der Waals surface area contributed by atoms with Crippen molar-refractivity contribution >= 4 is 37.2 Å². The summed E-state index contributed by atoms with van der Waals surface area (Å²) in [5, 5.41) is 0.237. The van der Waals surface area contributed by atoms with Gasteiger partial charge in [0.05, 0.1) is 15.5 Å². The van der Waals surface area contributed by atoms with Crippen LogP contribution < -0.4 is 0 Å². The minimum Gasteiger partial charge on any atom is -0.336 e. The molecule has 0 unspecified atom stereocenters. The van der Waals surface area contributed by atoms with Crippen molar-refractivity contribution in [3.8, 4) is 0 Å². The summed E-state index contributed by atoms with van der Waals surface area (Å²) in [5.41, 5.74) is 0.189. The summed E-state index contributed by atoms with van der Waals surface area (Å²) in [6.45, 7) is 2.63. The van der Waals surface area contributed by atoms with Crippen LogP contribution in [0, 0.1) is 0 Å². The van der Waals surface area contributed by atoms with Crippen LogP contribution in [-0.2, 0) is 9.05 Å². The van der Waals surface area contributed by atoms with Gasteiger partial charge in [-0.15, -0.1) is 0 Å². The first kappa shape index (κ1) is 15.6. The second-order valence-electron chi connectivity index (χ2n) is 4.81. The third-order valence-electron chi connectivity index (χ3n) is 3.16. The Hall–Kier alpha value is -0.780. The minimum absolute atomic E-state index is 0.112. The van der Waals surface area contributed by atoms with Crippen molar-refractivity contribution in [3.05, 3.63) is 28.8 Å². The molecule has 7 heteroatoms. The van der Waals surface area contributed by atoms with Gasteiger partial charge in [0.1, 0.15) is 0 Å². The Balaban J connectivity index is 2.37. The number of benzene rings is 1. The molecule has 2 rings (SSSR count). The highest BCUT2D eigenvalue weighted by Crippen LogP contribution is 2.31. The molecule has 0 aliphatic heterocycles. The molecule has 1 aromatic rings. The zero-order valence-corrected chi connectivity index (χ0v) is 13.3. The molecule has 0 radical (unpaired) electrons. The number of nitrogens with zero attached hydrogens (tertiary/aromatic N) is 1. The largest absolute Gasteiger partial charge is 0.336 e. The lowest BCUT2D eigenvalue weighted by Crippen LogP contribution is -2.34. The molecule has 0 atom stereocenters. The molecule has 0 saturated heterocycles. The third-order valence-corrected chi connectivity index (χ3v) is 4.84. The van der Waals surface area contributed by atoms with Crippen molar-refractivity contribution < 1.29 is 13.2 Å². The van der Waals surface area contributed by atoms with Crippen molar-refractivity contribution in [1.29, 1.82) is 0 Å². The Bertz CT molecular complexity index is 627. The summed E-state index contributed by atoms with van der Waals surface area (Å²) in [6.07, 6.45) is 2.81. The van der Waals surface area contributed by atoms with Gasteiger partial charge in [-0.2, -0.15) is 0 Å². The second-order valence-corrected chi connectivity index (χ2v) is 7.78. The number of carbonyl (C=O) groups excluding carboxylic acids is 1. The molecule has 110 valence electrons. The molecule has 1 aliphatic rings. The molecule has 0 aromatic heterocycles. The average Bonchev–Trinajstić information content (AvgIpc) is 3.18. The zero-order valence-electron chi connectivity index (χ0n) is 11.0. The SMILES string of the molecule is CCCN(C(=O)c1cc(S(=O)(=O)Cl)ccc1Cl)C1CC1. The van der Waals surface area contributed by atoms with Gasteiger partial charge in [-0.25, -0.2) is 8.42 Å². The predicted octanol–water partition coefficient (Wildman–Crippen LogP) is 3.28.